The Kier molecular flexibility index (Phi) is 49.1. The molecule has 0 saturated carbocycles. The number of morpholine rings is 1. The molecule has 1 atom stereocenters. The van der Waals surface area contributed by atoms with Gasteiger partial charge in [-0.25, -0.2) is 0 Å². The lowest BCUT2D eigenvalue weighted by Gasteiger charge is -2.35. The molecule has 1 saturated heterocycles. The van der Waals surface area contributed by atoms with Crippen molar-refractivity contribution >= 4 is 23.6 Å². The molecule has 1 fully saturated rings. The maximum absolute atomic E-state index is 13.8. The summed E-state index contributed by atoms with van der Waals surface area (Å²) in [6.07, 6.45) is 46.2. The molecule has 0 spiro atoms. The van der Waals surface area contributed by atoms with Crippen LogP contribution in [0, 0.1) is 5.92 Å². The molecule has 0 bridgehead atoms. The number of carbonyl (C=O) groups is 4. The number of rotatable bonds is 54. The van der Waals surface area contributed by atoms with E-state index in [4.69, 9.17) is 14.2 Å². The largest absolute Gasteiger partial charge is 0.379 e. The molecule has 0 aliphatic carbocycles. The molecule has 1 aliphatic rings. The van der Waals surface area contributed by atoms with Crippen LogP contribution in [0.15, 0.2) is 0 Å². The summed E-state index contributed by atoms with van der Waals surface area (Å²) in [7, 11) is 0. The van der Waals surface area contributed by atoms with Gasteiger partial charge in [0.15, 0.2) is 0 Å². The fourth-order valence-electron chi connectivity index (χ4n) is 9.93. The molecule has 72 heavy (non-hydrogen) atoms. The van der Waals surface area contributed by atoms with Gasteiger partial charge in [-0.2, -0.15) is 0 Å². The highest BCUT2D eigenvalue weighted by Gasteiger charge is 2.32. The van der Waals surface area contributed by atoms with Gasteiger partial charge in [0, 0.05) is 52.1 Å². The predicted octanol–water partition coefficient (Wildman–Crippen LogP) is 13.0. The third-order valence-corrected chi connectivity index (χ3v) is 14.5. The van der Waals surface area contributed by atoms with Crippen LogP contribution in [0.5, 0.6) is 0 Å². The van der Waals surface area contributed by atoms with Gasteiger partial charge in [-0.3, -0.25) is 24.1 Å². The molecule has 0 radical (unpaired) electrons. The van der Waals surface area contributed by atoms with Crippen LogP contribution in [0.3, 0.4) is 0 Å². The van der Waals surface area contributed by atoms with Crippen molar-refractivity contribution in [3.63, 3.8) is 0 Å². The second kappa shape index (κ2) is 52.2. The smallest absolute Gasteiger partial charge is 0.243 e. The number of amides is 4. The fraction of sp³-hybridized carbons (Fsp3) is 0.933. The SMILES string of the molecule is CCCCCCCCCCCCCCCCCCCC(=O)NCC(=O)NCCOCCOCCNC(=O)C(C(C)C)N(CCCN1CCOCC1)C(=O)CCCCCCCCCCCCCCCCCCC. The van der Waals surface area contributed by atoms with E-state index in [0.29, 0.717) is 58.9 Å². The number of nitrogens with zero attached hydrogens (tertiary/aromatic N) is 2. The van der Waals surface area contributed by atoms with E-state index in [-0.39, 0.29) is 36.1 Å². The van der Waals surface area contributed by atoms with E-state index in [1.807, 2.05) is 18.7 Å². The van der Waals surface area contributed by atoms with E-state index in [9.17, 15) is 19.2 Å². The van der Waals surface area contributed by atoms with E-state index in [0.717, 1.165) is 65.0 Å². The number of hydrogen-bond acceptors (Lipinski definition) is 8. The first-order valence-electron chi connectivity index (χ1n) is 30.9. The van der Waals surface area contributed by atoms with Gasteiger partial charge in [-0.15, -0.1) is 0 Å². The summed E-state index contributed by atoms with van der Waals surface area (Å²) in [4.78, 5) is 56.2. The van der Waals surface area contributed by atoms with Crippen LogP contribution in [0.2, 0.25) is 0 Å². The number of nitrogens with one attached hydrogen (secondary N) is 3. The van der Waals surface area contributed by atoms with E-state index in [1.165, 1.54) is 193 Å². The lowest BCUT2D eigenvalue weighted by molar-refractivity contribution is -0.142. The van der Waals surface area contributed by atoms with Crippen molar-refractivity contribution in [2.24, 2.45) is 5.92 Å². The first-order valence-corrected chi connectivity index (χ1v) is 30.9. The van der Waals surface area contributed by atoms with E-state index < -0.39 is 6.04 Å². The molecular weight excluding hydrogens is 903 g/mol. The normalized spacial score (nSPS) is 13.4. The predicted molar refractivity (Wildman–Crippen MR) is 300 cm³/mol. The molecule has 0 aromatic carbocycles. The lowest BCUT2D eigenvalue weighted by atomic mass is 9.99. The van der Waals surface area contributed by atoms with Crippen molar-refractivity contribution in [2.45, 2.75) is 271 Å². The van der Waals surface area contributed by atoms with Crippen LogP contribution < -0.4 is 16.0 Å². The summed E-state index contributed by atoms with van der Waals surface area (Å²) in [5.74, 6) is -0.380. The summed E-state index contributed by atoms with van der Waals surface area (Å²) in [6.45, 7) is 15.4. The molecule has 1 aliphatic heterocycles. The van der Waals surface area contributed by atoms with Crippen LogP contribution in [0.25, 0.3) is 0 Å². The monoisotopic (exact) mass is 1020 g/mol. The molecule has 1 heterocycles. The average Bonchev–Trinajstić information content (AvgIpc) is 3.37. The van der Waals surface area contributed by atoms with Gasteiger partial charge in [0.05, 0.1) is 46.2 Å². The fourth-order valence-corrected chi connectivity index (χ4v) is 9.93. The number of ether oxygens (including phenoxy) is 3. The summed E-state index contributed by atoms with van der Waals surface area (Å²) in [5, 5.41) is 8.56. The molecule has 0 aromatic rings. The molecule has 12 nitrogen and oxygen atoms in total. The molecule has 4 amide bonds. The molecule has 424 valence electrons. The standard InChI is InChI=1S/C60H117N5O7/c1-5-7-9-11-13-15-17-19-21-23-25-27-29-31-33-35-37-40-56(66)63-54-57(67)61-42-48-70-52-53-71-49-43-62-60(69)59(55(3)4)65(45-39-44-64-46-50-72-51-47-64)58(68)41-38-36-34-32-30-28-26-24-22-20-18-16-14-12-10-8-6-2/h55,59H,5-54H2,1-4H3,(H,61,67)(H,62,69)(H,63,66). The second-order valence-electron chi connectivity index (χ2n) is 21.5. The second-order valence-corrected chi connectivity index (χ2v) is 21.5. The summed E-state index contributed by atoms with van der Waals surface area (Å²) >= 11 is 0. The molecule has 12 heteroatoms. The van der Waals surface area contributed by atoms with Gasteiger partial charge in [0.2, 0.25) is 23.6 Å². The van der Waals surface area contributed by atoms with Gasteiger partial charge in [0.25, 0.3) is 0 Å². The number of unbranched alkanes of at least 4 members (excludes halogenated alkanes) is 32. The molecular formula is C60H117N5O7. The Morgan fingerprint density at radius 1 is 0.472 bits per heavy atom. The third-order valence-electron chi connectivity index (χ3n) is 14.5. The quantitative estimate of drug-likeness (QED) is 0.0512. The third kappa shape index (κ3) is 43.0. The molecule has 3 N–H and O–H groups in total. The van der Waals surface area contributed by atoms with Gasteiger partial charge in [0.1, 0.15) is 6.04 Å². The van der Waals surface area contributed by atoms with Gasteiger partial charge >= 0.3 is 0 Å². The zero-order valence-corrected chi connectivity index (χ0v) is 47.8. The topological polar surface area (TPSA) is 139 Å². The van der Waals surface area contributed by atoms with Crippen molar-refractivity contribution in [3.8, 4) is 0 Å². The zero-order valence-electron chi connectivity index (χ0n) is 47.8. The number of carbonyl (C=O) groups excluding carboxylic acids is 4. The van der Waals surface area contributed by atoms with E-state index >= 15 is 0 Å². The van der Waals surface area contributed by atoms with Crippen LogP contribution in [0.1, 0.15) is 265 Å². The van der Waals surface area contributed by atoms with Crippen LogP contribution >= 0.6 is 0 Å². The minimum atomic E-state index is -0.534. The minimum Gasteiger partial charge on any atom is -0.379 e. The van der Waals surface area contributed by atoms with Gasteiger partial charge < -0.3 is 35.1 Å². The number of hydrogen-bond donors (Lipinski definition) is 3. The van der Waals surface area contributed by atoms with Gasteiger partial charge in [-0.05, 0) is 25.2 Å². The summed E-state index contributed by atoms with van der Waals surface area (Å²) < 4.78 is 16.9. The Labute approximate surface area is 443 Å². The Balaban J connectivity index is 2.17. The highest BCUT2D eigenvalue weighted by molar-refractivity contribution is 5.88. The summed E-state index contributed by atoms with van der Waals surface area (Å²) in [6, 6.07) is -0.534. The van der Waals surface area contributed by atoms with E-state index in [2.05, 4.69) is 34.7 Å². The zero-order chi connectivity index (χ0) is 52.2. The maximum Gasteiger partial charge on any atom is 0.243 e. The molecule has 1 rings (SSSR count). The Morgan fingerprint density at radius 3 is 1.28 bits per heavy atom. The van der Waals surface area contributed by atoms with Crippen LogP contribution in [-0.4, -0.2) is 125 Å². The van der Waals surface area contributed by atoms with Crippen LogP contribution in [0.4, 0.5) is 0 Å². The van der Waals surface area contributed by atoms with Crippen LogP contribution in [-0.2, 0) is 33.4 Å². The Hall–Kier alpha value is -2.28. The first kappa shape index (κ1) is 67.7. The Morgan fingerprint density at radius 2 is 0.861 bits per heavy atom. The van der Waals surface area contributed by atoms with Crippen molar-refractivity contribution in [1.82, 2.24) is 25.8 Å². The first-order chi connectivity index (χ1) is 35.3. The lowest BCUT2D eigenvalue weighted by Crippen LogP contribution is -2.53. The van der Waals surface area contributed by atoms with Crippen molar-refractivity contribution in [1.29, 1.82) is 0 Å². The highest BCUT2D eigenvalue weighted by Crippen LogP contribution is 2.19. The van der Waals surface area contributed by atoms with Crippen molar-refractivity contribution < 1.29 is 33.4 Å². The van der Waals surface area contributed by atoms with E-state index in [1.54, 1.807) is 0 Å². The minimum absolute atomic E-state index is 0.0236. The Bertz CT molecular complexity index is 1230. The highest BCUT2D eigenvalue weighted by atomic mass is 16.5. The molecule has 1 unspecified atom stereocenters. The average molecular weight is 1020 g/mol. The summed E-state index contributed by atoms with van der Waals surface area (Å²) in [5.41, 5.74) is 0. The van der Waals surface area contributed by atoms with Crippen molar-refractivity contribution in [3.05, 3.63) is 0 Å². The van der Waals surface area contributed by atoms with Gasteiger partial charge in [-0.1, -0.05) is 233 Å². The van der Waals surface area contributed by atoms with Crippen molar-refractivity contribution in [2.75, 3.05) is 85.5 Å². The molecule has 0 aromatic heterocycles. The maximum atomic E-state index is 13.8.